The molecule has 2 aliphatic rings. The van der Waals surface area contributed by atoms with Gasteiger partial charge in [0.15, 0.2) is 5.96 Å². The molecular formula is C25H42IN5O2. The number of amides is 1. The molecule has 1 aliphatic carbocycles. The van der Waals surface area contributed by atoms with E-state index in [2.05, 4.69) is 40.7 Å². The standard InChI is InChI=1S/C25H41N5O2.HI/c1-5-26-24(28-19-25(13-6-7-14-25)23(31)29(2)3)27-18-22(30-15-8-9-16-30)20-11-10-12-21(17-20)32-4;/h10-12,17,22H,5-9,13-16,18-19H2,1-4H3,(H2,26,27,28);1H. The predicted molar refractivity (Wildman–Crippen MR) is 146 cm³/mol. The van der Waals surface area contributed by atoms with Crippen LogP contribution in [0.4, 0.5) is 0 Å². The second-order valence-corrected chi connectivity index (χ2v) is 9.30. The Morgan fingerprint density at radius 2 is 1.88 bits per heavy atom. The molecule has 1 atom stereocenters. The molecule has 1 unspecified atom stereocenters. The molecular weight excluding hydrogens is 529 g/mol. The number of aliphatic imine (C=N–C) groups is 1. The second kappa shape index (κ2) is 13.4. The third kappa shape index (κ3) is 7.21. The first-order chi connectivity index (χ1) is 15.5. The Morgan fingerprint density at radius 1 is 1.18 bits per heavy atom. The zero-order valence-corrected chi connectivity index (χ0v) is 23.1. The molecule has 8 heteroatoms. The van der Waals surface area contributed by atoms with Gasteiger partial charge in [-0.2, -0.15) is 0 Å². The number of ether oxygens (including phenoxy) is 1. The summed E-state index contributed by atoms with van der Waals surface area (Å²) < 4.78 is 5.47. The fourth-order valence-corrected chi connectivity index (χ4v) is 5.09. The van der Waals surface area contributed by atoms with E-state index < -0.39 is 0 Å². The van der Waals surface area contributed by atoms with Crippen molar-refractivity contribution in [2.24, 2.45) is 10.4 Å². The number of likely N-dealkylation sites (tertiary alicyclic amines) is 1. The molecule has 1 amide bonds. The van der Waals surface area contributed by atoms with Gasteiger partial charge in [0.1, 0.15) is 5.75 Å². The number of nitrogens with zero attached hydrogens (tertiary/aromatic N) is 3. The van der Waals surface area contributed by atoms with E-state index in [1.54, 1.807) is 12.0 Å². The lowest BCUT2D eigenvalue weighted by Crippen LogP contribution is -2.45. The second-order valence-electron chi connectivity index (χ2n) is 9.30. The largest absolute Gasteiger partial charge is 0.497 e. The van der Waals surface area contributed by atoms with E-state index in [0.717, 1.165) is 63.6 Å². The SMILES string of the molecule is CCNC(=NCC1(C(=O)N(C)C)CCCC1)NCC(c1cccc(OC)c1)N1CCCC1.I. The van der Waals surface area contributed by atoms with Gasteiger partial charge in [-0.25, -0.2) is 0 Å². The molecule has 186 valence electrons. The average molecular weight is 572 g/mol. The minimum Gasteiger partial charge on any atom is -0.497 e. The molecule has 1 saturated carbocycles. The Hall–Kier alpha value is -1.55. The third-order valence-electron chi connectivity index (χ3n) is 6.83. The quantitative estimate of drug-likeness (QED) is 0.269. The molecule has 1 aromatic rings. The van der Waals surface area contributed by atoms with Crippen LogP contribution in [0, 0.1) is 5.41 Å². The van der Waals surface area contributed by atoms with Crippen LogP contribution in [0.5, 0.6) is 5.75 Å². The summed E-state index contributed by atoms with van der Waals surface area (Å²) in [6.45, 7) is 6.37. The van der Waals surface area contributed by atoms with Gasteiger partial charge in [0.05, 0.1) is 25.1 Å². The Labute approximate surface area is 216 Å². The van der Waals surface area contributed by atoms with Crippen molar-refractivity contribution in [2.75, 3.05) is 53.9 Å². The minimum absolute atomic E-state index is 0. The molecule has 2 fully saturated rings. The van der Waals surface area contributed by atoms with E-state index >= 15 is 0 Å². The zero-order chi connectivity index (χ0) is 23.0. The number of methoxy groups -OCH3 is 1. The normalized spacial score (nSPS) is 19.0. The van der Waals surface area contributed by atoms with Gasteiger partial charge in [-0.05, 0) is 63.4 Å². The maximum Gasteiger partial charge on any atom is 0.230 e. The fraction of sp³-hybridized carbons (Fsp3) is 0.680. The van der Waals surface area contributed by atoms with Crippen LogP contribution in [0.2, 0.25) is 0 Å². The van der Waals surface area contributed by atoms with Crippen molar-refractivity contribution < 1.29 is 9.53 Å². The van der Waals surface area contributed by atoms with Crippen molar-refractivity contribution in [3.05, 3.63) is 29.8 Å². The average Bonchev–Trinajstić information content (AvgIpc) is 3.50. The van der Waals surface area contributed by atoms with Crippen molar-refractivity contribution in [1.82, 2.24) is 20.4 Å². The number of rotatable bonds is 9. The first-order valence-corrected chi connectivity index (χ1v) is 12.1. The van der Waals surface area contributed by atoms with E-state index in [9.17, 15) is 4.79 Å². The Kier molecular flexibility index (Phi) is 11.2. The molecule has 1 heterocycles. The molecule has 0 radical (unpaired) electrons. The van der Waals surface area contributed by atoms with E-state index in [1.165, 1.54) is 18.4 Å². The zero-order valence-electron chi connectivity index (χ0n) is 20.7. The van der Waals surface area contributed by atoms with E-state index in [1.807, 2.05) is 20.2 Å². The molecule has 0 bridgehead atoms. The number of nitrogens with one attached hydrogen (secondary N) is 2. The van der Waals surface area contributed by atoms with Gasteiger partial charge in [-0.1, -0.05) is 25.0 Å². The number of hydrogen-bond acceptors (Lipinski definition) is 4. The Balaban J connectivity index is 0.00000385. The van der Waals surface area contributed by atoms with Crippen LogP contribution < -0.4 is 15.4 Å². The van der Waals surface area contributed by atoms with E-state index in [0.29, 0.717) is 6.54 Å². The van der Waals surface area contributed by atoms with Gasteiger partial charge >= 0.3 is 0 Å². The van der Waals surface area contributed by atoms with Gasteiger partial charge in [0, 0.05) is 27.2 Å². The fourth-order valence-electron chi connectivity index (χ4n) is 5.09. The number of benzene rings is 1. The summed E-state index contributed by atoms with van der Waals surface area (Å²) in [5, 5.41) is 6.96. The van der Waals surface area contributed by atoms with Gasteiger partial charge < -0.3 is 20.3 Å². The summed E-state index contributed by atoms with van der Waals surface area (Å²) in [5.41, 5.74) is 0.900. The first-order valence-electron chi connectivity index (χ1n) is 12.1. The van der Waals surface area contributed by atoms with Crippen LogP contribution in [-0.4, -0.2) is 75.6 Å². The van der Waals surface area contributed by atoms with Crippen molar-refractivity contribution in [1.29, 1.82) is 0 Å². The van der Waals surface area contributed by atoms with Gasteiger partial charge in [0.25, 0.3) is 0 Å². The molecule has 1 saturated heterocycles. The molecule has 7 nitrogen and oxygen atoms in total. The lowest BCUT2D eigenvalue weighted by atomic mass is 9.85. The monoisotopic (exact) mass is 571 g/mol. The molecule has 1 aromatic carbocycles. The number of guanidine groups is 1. The molecule has 2 N–H and O–H groups in total. The minimum atomic E-state index is -0.354. The topological polar surface area (TPSA) is 69.2 Å². The van der Waals surface area contributed by atoms with Crippen LogP contribution in [0.1, 0.15) is 57.1 Å². The van der Waals surface area contributed by atoms with Crippen molar-refractivity contribution in [3.63, 3.8) is 0 Å². The number of halogens is 1. The highest BCUT2D eigenvalue weighted by Gasteiger charge is 2.42. The first kappa shape index (κ1) is 27.7. The van der Waals surface area contributed by atoms with E-state index in [-0.39, 0.29) is 41.3 Å². The maximum absolute atomic E-state index is 12.9. The number of carbonyl (C=O) groups is 1. The van der Waals surface area contributed by atoms with Crippen LogP contribution in [0.25, 0.3) is 0 Å². The summed E-state index contributed by atoms with van der Waals surface area (Å²) in [6, 6.07) is 8.62. The Bertz CT molecular complexity index is 774. The van der Waals surface area contributed by atoms with Gasteiger partial charge in [-0.15, -0.1) is 24.0 Å². The van der Waals surface area contributed by atoms with Crippen molar-refractivity contribution in [3.8, 4) is 5.75 Å². The number of carbonyl (C=O) groups excluding carboxylic acids is 1. The lowest BCUT2D eigenvalue weighted by Gasteiger charge is -2.30. The third-order valence-corrected chi connectivity index (χ3v) is 6.83. The van der Waals surface area contributed by atoms with Crippen LogP contribution in [-0.2, 0) is 4.79 Å². The molecule has 0 spiro atoms. The van der Waals surface area contributed by atoms with Gasteiger partial charge in [0.2, 0.25) is 5.91 Å². The highest BCUT2D eigenvalue weighted by molar-refractivity contribution is 14.0. The summed E-state index contributed by atoms with van der Waals surface area (Å²) >= 11 is 0. The highest BCUT2D eigenvalue weighted by atomic mass is 127. The van der Waals surface area contributed by atoms with Crippen molar-refractivity contribution in [2.45, 2.75) is 51.5 Å². The predicted octanol–water partition coefficient (Wildman–Crippen LogP) is 3.65. The van der Waals surface area contributed by atoms with Gasteiger partial charge in [-0.3, -0.25) is 14.7 Å². The summed E-state index contributed by atoms with van der Waals surface area (Å²) in [4.78, 5) is 22.1. The lowest BCUT2D eigenvalue weighted by molar-refractivity contribution is -0.138. The number of hydrogen-bond donors (Lipinski definition) is 2. The maximum atomic E-state index is 12.9. The summed E-state index contributed by atoms with van der Waals surface area (Å²) in [6.07, 6.45) is 6.53. The van der Waals surface area contributed by atoms with E-state index in [4.69, 9.17) is 9.73 Å². The summed E-state index contributed by atoms with van der Waals surface area (Å²) in [5.74, 6) is 1.89. The highest BCUT2D eigenvalue weighted by Crippen LogP contribution is 2.39. The molecule has 1 aliphatic heterocycles. The van der Waals surface area contributed by atoms with Crippen LogP contribution in [0.15, 0.2) is 29.3 Å². The molecule has 0 aromatic heterocycles. The van der Waals surface area contributed by atoms with Crippen molar-refractivity contribution >= 4 is 35.8 Å². The molecule has 33 heavy (non-hydrogen) atoms. The van der Waals surface area contributed by atoms with Crippen LogP contribution >= 0.6 is 24.0 Å². The van der Waals surface area contributed by atoms with Crippen LogP contribution in [0.3, 0.4) is 0 Å². The molecule has 3 rings (SSSR count). The summed E-state index contributed by atoms with van der Waals surface area (Å²) in [7, 11) is 5.42. The Morgan fingerprint density at radius 3 is 2.48 bits per heavy atom. The smallest absolute Gasteiger partial charge is 0.230 e.